The maximum atomic E-state index is 12.0. The van der Waals surface area contributed by atoms with E-state index in [2.05, 4.69) is 4.98 Å². The number of hydrogen-bond donors (Lipinski definition) is 0. The molecule has 1 atom stereocenters. The van der Waals surface area contributed by atoms with Gasteiger partial charge in [-0.3, -0.25) is 0 Å². The maximum absolute atomic E-state index is 12.0. The molecule has 1 saturated heterocycles. The zero-order valence-electron chi connectivity index (χ0n) is 10.8. The second kappa shape index (κ2) is 5.77. The first-order valence-electron chi connectivity index (χ1n) is 6.54. The van der Waals surface area contributed by atoms with Crippen molar-refractivity contribution in [1.82, 2.24) is 4.98 Å². The summed E-state index contributed by atoms with van der Waals surface area (Å²) in [6.07, 6.45) is 0.930. The monoisotopic (exact) mass is 291 g/mol. The van der Waals surface area contributed by atoms with Gasteiger partial charge in [-0.2, -0.15) is 0 Å². The van der Waals surface area contributed by atoms with Crippen molar-refractivity contribution in [3.63, 3.8) is 0 Å². The van der Waals surface area contributed by atoms with E-state index in [0.717, 1.165) is 18.4 Å². The minimum Gasteiger partial charge on any atom is -0.461 e. The number of hydrogen-bond acceptors (Lipinski definition) is 4. The molecular formula is C15H14ClNO3. The molecule has 104 valence electrons. The van der Waals surface area contributed by atoms with Crippen molar-refractivity contribution < 1.29 is 14.3 Å². The van der Waals surface area contributed by atoms with Crippen molar-refractivity contribution in [2.75, 3.05) is 19.8 Å². The van der Waals surface area contributed by atoms with E-state index in [9.17, 15) is 4.79 Å². The molecule has 1 aromatic carbocycles. The van der Waals surface area contributed by atoms with Crippen LogP contribution in [0.3, 0.4) is 0 Å². The van der Waals surface area contributed by atoms with Gasteiger partial charge >= 0.3 is 5.97 Å². The fourth-order valence-corrected chi connectivity index (χ4v) is 2.48. The molecule has 1 aliphatic rings. The number of aromatic nitrogens is 1. The van der Waals surface area contributed by atoms with Gasteiger partial charge in [0.25, 0.3) is 0 Å². The summed E-state index contributed by atoms with van der Waals surface area (Å²) in [4.78, 5) is 16.3. The van der Waals surface area contributed by atoms with Gasteiger partial charge in [-0.25, -0.2) is 9.78 Å². The minimum absolute atomic E-state index is 0.243. The number of carbonyl (C=O) groups excluding carboxylic acids is 1. The second-order valence-corrected chi connectivity index (χ2v) is 5.24. The third kappa shape index (κ3) is 2.76. The lowest BCUT2D eigenvalue weighted by atomic mass is 10.1. The van der Waals surface area contributed by atoms with E-state index < -0.39 is 5.97 Å². The number of benzene rings is 1. The quantitative estimate of drug-likeness (QED) is 0.816. The molecule has 1 aromatic heterocycles. The highest BCUT2D eigenvalue weighted by Crippen LogP contribution is 2.23. The Morgan fingerprint density at radius 2 is 2.30 bits per heavy atom. The van der Waals surface area contributed by atoms with Crippen LogP contribution in [0.15, 0.2) is 30.3 Å². The predicted octanol–water partition coefficient (Wildman–Crippen LogP) is 3.08. The van der Waals surface area contributed by atoms with E-state index in [1.165, 1.54) is 0 Å². The van der Waals surface area contributed by atoms with Crippen molar-refractivity contribution in [2.24, 2.45) is 5.92 Å². The molecule has 0 aliphatic carbocycles. The van der Waals surface area contributed by atoms with Gasteiger partial charge in [0.2, 0.25) is 0 Å². The lowest BCUT2D eigenvalue weighted by Crippen LogP contribution is -2.15. The summed E-state index contributed by atoms with van der Waals surface area (Å²) in [5, 5.41) is 1.33. The Balaban J connectivity index is 1.77. The zero-order chi connectivity index (χ0) is 13.9. The lowest BCUT2D eigenvalue weighted by Gasteiger charge is -2.09. The minimum atomic E-state index is -0.440. The molecule has 4 nitrogen and oxygen atoms in total. The van der Waals surface area contributed by atoms with Gasteiger partial charge in [0.15, 0.2) is 5.69 Å². The summed E-state index contributed by atoms with van der Waals surface area (Å²) >= 11 is 6.17. The standard InChI is InChI=1S/C15H14ClNO3/c16-12-7-14(17-13-4-2-1-3-11(12)13)15(18)20-9-10-5-6-19-8-10/h1-4,7,10H,5-6,8-9H2. The first-order valence-corrected chi connectivity index (χ1v) is 6.92. The second-order valence-electron chi connectivity index (χ2n) is 4.83. The van der Waals surface area contributed by atoms with Crippen LogP contribution in [0.2, 0.25) is 5.02 Å². The van der Waals surface area contributed by atoms with Gasteiger partial charge in [0.1, 0.15) is 0 Å². The molecule has 2 heterocycles. The van der Waals surface area contributed by atoms with Crippen molar-refractivity contribution in [3.8, 4) is 0 Å². The van der Waals surface area contributed by atoms with Crippen molar-refractivity contribution in [1.29, 1.82) is 0 Å². The van der Waals surface area contributed by atoms with Gasteiger partial charge in [0, 0.05) is 17.9 Å². The fraction of sp³-hybridized carbons (Fsp3) is 0.333. The Kier molecular flexibility index (Phi) is 3.85. The molecule has 0 amide bonds. The van der Waals surface area contributed by atoms with Crippen LogP contribution in [-0.4, -0.2) is 30.8 Å². The number of pyridine rings is 1. The van der Waals surface area contributed by atoms with Gasteiger partial charge in [-0.15, -0.1) is 0 Å². The topological polar surface area (TPSA) is 48.4 Å². The van der Waals surface area contributed by atoms with Crippen molar-refractivity contribution >= 4 is 28.5 Å². The summed E-state index contributed by atoms with van der Waals surface area (Å²) in [6, 6.07) is 8.99. The Morgan fingerprint density at radius 3 is 3.10 bits per heavy atom. The summed E-state index contributed by atoms with van der Waals surface area (Å²) in [7, 11) is 0. The van der Waals surface area contributed by atoms with Crippen LogP contribution in [-0.2, 0) is 9.47 Å². The third-order valence-electron chi connectivity index (χ3n) is 3.35. The van der Waals surface area contributed by atoms with E-state index in [4.69, 9.17) is 21.1 Å². The Bertz CT molecular complexity index is 638. The summed E-state index contributed by atoms with van der Waals surface area (Å²) in [6.45, 7) is 1.76. The van der Waals surface area contributed by atoms with Crippen LogP contribution in [0.25, 0.3) is 10.9 Å². The molecule has 1 aliphatic heterocycles. The zero-order valence-corrected chi connectivity index (χ0v) is 11.6. The highest BCUT2D eigenvalue weighted by atomic mass is 35.5. The summed E-state index contributed by atoms with van der Waals surface area (Å²) in [5.74, 6) is -0.153. The number of carbonyl (C=O) groups is 1. The normalized spacial score (nSPS) is 18.4. The number of fused-ring (bicyclic) bond motifs is 1. The van der Waals surface area contributed by atoms with E-state index in [0.29, 0.717) is 23.8 Å². The maximum Gasteiger partial charge on any atom is 0.357 e. The van der Waals surface area contributed by atoms with Crippen LogP contribution in [0.4, 0.5) is 0 Å². The van der Waals surface area contributed by atoms with Gasteiger partial charge in [0.05, 0.1) is 23.8 Å². The van der Waals surface area contributed by atoms with Crippen LogP contribution in [0.1, 0.15) is 16.9 Å². The molecule has 0 radical (unpaired) electrons. The molecule has 3 rings (SSSR count). The van der Waals surface area contributed by atoms with Crippen LogP contribution in [0.5, 0.6) is 0 Å². The van der Waals surface area contributed by atoms with E-state index >= 15 is 0 Å². The lowest BCUT2D eigenvalue weighted by molar-refractivity contribution is 0.0422. The SMILES string of the molecule is O=C(OCC1CCOC1)c1cc(Cl)c2ccccc2n1. The average Bonchev–Trinajstić information content (AvgIpc) is 2.98. The number of halogens is 1. The highest BCUT2D eigenvalue weighted by Gasteiger charge is 2.19. The molecule has 1 fully saturated rings. The molecule has 2 aromatic rings. The summed E-state index contributed by atoms with van der Waals surface area (Å²) in [5.41, 5.74) is 0.934. The van der Waals surface area contributed by atoms with E-state index in [-0.39, 0.29) is 11.6 Å². The molecule has 20 heavy (non-hydrogen) atoms. The average molecular weight is 292 g/mol. The van der Waals surface area contributed by atoms with Crippen molar-refractivity contribution in [3.05, 3.63) is 41.0 Å². The van der Waals surface area contributed by atoms with Gasteiger partial charge in [-0.1, -0.05) is 29.8 Å². The number of nitrogens with zero attached hydrogens (tertiary/aromatic N) is 1. The van der Waals surface area contributed by atoms with Crippen LogP contribution >= 0.6 is 11.6 Å². The smallest absolute Gasteiger partial charge is 0.357 e. The molecule has 0 N–H and O–H groups in total. The highest BCUT2D eigenvalue weighted by molar-refractivity contribution is 6.35. The van der Waals surface area contributed by atoms with Crippen LogP contribution < -0.4 is 0 Å². The molecule has 0 spiro atoms. The summed E-state index contributed by atoms with van der Waals surface area (Å²) < 4.78 is 10.5. The first kappa shape index (κ1) is 13.3. The Hall–Kier alpha value is -1.65. The van der Waals surface area contributed by atoms with Crippen LogP contribution in [0, 0.1) is 5.92 Å². The molecule has 0 saturated carbocycles. The first-order chi connectivity index (χ1) is 9.74. The molecule has 5 heteroatoms. The number of rotatable bonds is 3. The Morgan fingerprint density at radius 1 is 1.45 bits per heavy atom. The van der Waals surface area contributed by atoms with E-state index in [1.807, 2.05) is 24.3 Å². The number of para-hydroxylation sites is 1. The van der Waals surface area contributed by atoms with E-state index in [1.54, 1.807) is 6.07 Å². The number of esters is 1. The Labute approximate surface area is 121 Å². The number of ether oxygens (including phenoxy) is 2. The van der Waals surface area contributed by atoms with Gasteiger partial charge < -0.3 is 9.47 Å². The molecular weight excluding hydrogens is 278 g/mol. The molecule has 0 bridgehead atoms. The third-order valence-corrected chi connectivity index (χ3v) is 3.66. The predicted molar refractivity (Wildman–Crippen MR) is 76.0 cm³/mol. The van der Waals surface area contributed by atoms with Crippen molar-refractivity contribution in [2.45, 2.75) is 6.42 Å². The largest absolute Gasteiger partial charge is 0.461 e. The molecule has 1 unspecified atom stereocenters. The fourth-order valence-electron chi connectivity index (χ4n) is 2.22. The van der Waals surface area contributed by atoms with Gasteiger partial charge in [-0.05, 0) is 18.6 Å².